The van der Waals surface area contributed by atoms with E-state index in [4.69, 9.17) is 4.74 Å². The zero-order valence-electron chi connectivity index (χ0n) is 13.9. The van der Waals surface area contributed by atoms with Gasteiger partial charge in [-0.3, -0.25) is 19.5 Å². The maximum absolute atomic E-state index is 12.6. The van der Waals surface area contributed by atoms with Gasteiger partial charge >= 0.3 is 0 Å². The quantitative estimate of drug-likeness (QED) is 0.526. The lowest BCUT2D eigenvalue weighted by Gasteiger charge is -2.15. The first-order valence-corrected chi connectivity index (χ1v) is 7.84. The predicted molar refractivity (Wildman–Crippen MR) is 94.0 cm³/mol. The second-order valence-electron chi connectivity index (χ2n) is 5.91. The number of para-hydroxylation sites is 1. The van der Waals surface area contributed by atoms with Gasteiger partial charge in [0.25, 0.3) is 11.2 Å². The molecule has 0 aliphatic carbocycles. The lowest BCUT2D eigenvalue weighted by atomic mass is 10.1. The van der Waals surface area contributed by atoms with Crippen molar-refractivity contribution in [1.29, 1.82) is 0 Å². The van der Waals surface area contributed by atoms with Crippen molar-refractivity contribution in [3.8, 4) is 5.75 Å². The van der Waals surface area contributed by atoms with E-state index in [1.54, 1.807) is 24.3 Å². The minimum atomic E-state index is -0.468. The Morgan fingerprint density at radius 2 is 2.00 bits per heavy atom. The van der Waals surface area contributed by atoms with Crippen LogP contribution in [0.2, 0.25) is 0 Å². The molecular weight excluding hydrogens is 322 g/mol. The number of nitrogens with zero attached hydrogens (tertiary/aromatic N) is 3. The summed E-state index contributed by atoms with van der Waals surface area (Å²) in [5.41, 5.74) is 0.920. The third kappa shape index (κ3) is 3.50. The van der Waals surface area contributed by atoms with Crippen molar-refractivity contribution in [2.75, 3.05) is 0 Å². The van der Waals surface area contributed by atoms with Crippen molar-refractivity contribution in [3.05, 3.63) is 74.8 Å². The van der Waals surface area contributed by atoms with E-state index in [0.29, 0.717) is 22.2 Å². The van der Waals surface area contributed by atoms with E-state index >= 15 is 0 Å². The summed E-state index contributed by atoms with van der Waals surface area (Å²) >= 11 is 0. The van der Waals surface area contributed by atoms with E-state index in [2.05, 4.69) is 4.98 Å². The molecule has 0 saturated heterocycles. The van der Waals surface area contributed by atoms with E-state index in [-0.39, 0.29) is 23.9 Å². The fourth-order valence-electron chi connectivity index (χ4n) is 2.57. The number of aromatic nitrogens is 2. The van der Waals surface area contributed by atoms with E-state index in [1.165, 1.54) is 23.0 Å². The standard InChI is InChI=1S/C18H17N3O4/c1-12(2)25-17-8-7-14(21(23)24)9-13(17)10-20-11-19-16-6-4-3-5-15(16)18(20)22/h3-9,11-12H,10H2,1-2H3. The van der Waals surface area contributed by atoms with Gasteiger partial charge in [-0.25, -0.2) is 4.98 Å². The molecule has 1 heterocycles. The predicted octanol–water partition coefficient (Wildman–Crippen LogP) is 3.14. The maximum Gasteiger partial charge on any atom is 0.270 e. The zero-order chi connectivity index (χ0) is 18.0. The third-order valence-corrected chi connectivity index (χ3v) is 3.69. The molecule has 0 aliphatic rings. The Morgan fingerprint density at radius 1 is 1.24 bits per heavy atom. The smallest absolute Gasteiger partial charge is 0.270 e. The fraction of sp³-hybridized carbons (Fsp3) is 0.222. The molecule has 0 spiro atoms. The lowest BCUT2D eigenvalue weighted by molar-refractivity contribution is -0.384. The van der Waals surface area contributed by atoms with Gasteiger partial charge in [-0.1, -0.05) is 12.1 Å². The largest absolute Gasteiger partial charge is 0.491 e. The summed E-state index contributed by atoms with van der Waals surface area (Å²) in [7, 11) is 0. The van der Waals surface area contributed by atoms with E-state index in [9.17, 15) is 14.9 Å². The molecule has 7 nitrogen and oxygen atoms in total. The molecule has 0 saturated carbocycles. The van der Waals surface area contributed by atoms with Crippen LogP contribution in [0, 0.1) is 10.1 Å². The first-order chi connectivity index (χ1) is 12.0. The Morgan fingerprint density at radius 3 is 2.72 bits per heavy atom. The van der Waals surface area contributed by atoms with Crippen LogP contribution in [-0.2, 0) is 6.54 Å². The SMILES string of the molecule is CC(C)Oc1ccc([N+](=O)[O-])cc1Cn1cnc2ccccc2c1=O. The first kappa shape index (κ1) is 16.6. The normalized spacial score (nSPS) is 11.0. The molecule has 0 aliphatic heterocycles. The summed E-state index contributed by atoms with van der Waals surface area (Å²) in [5.74, 6) is 0.514. The molecule has 0 unspecified atom stereocenters. The number of rotatable bonds is 5. The average molecular weight is 339 g/mol. The third-order valence-electron chi connectivity index (χ3n) is 3.69. The monoisotopic (exact) mass is 339 g/mol. The lowest BCUT2D eigenvalue weighted by Crippen LogP contribution is -2.21. The Kier molecular flexibility index (Phi) is 4.47. The van der Waals surface area contributed by atoms with Crippen molar-refractivity contribution in [2.24, 2.45) is 0 Å². The van der Waals surface area contributed by atoms with Crippen LogP contribution >= 0.6 is 0 Å². The molecule has 3 aromatic rings. The number of ether oxygens (including phenoxy) is 1. The summed E-state index contributed by atoms with van der Waals surface area (Å²) < 4.78 is 7.15. The Balaban J connectivity index is 2.07. The highest BCUT2D eigenvalue weighted by atomic mass is 16.6. The van der Waals surface area contributed by atoms with E-state index in [0.717, 1.165) is 0 Å². The number of benzene rings is 2. The van der Waals surface area contributed by atoms with Crippen LogP contribution < -0.4 is 10.3 Å². The summed E-state index contributed by atoms with van der Waals surface area (Å²) in [4.78, 5) is 27.5. The average Bonchev–Trinajstić information content (AvgIpc) is 2.58. The molecule has 3 rings (SSSR count). The maximum atomic E-state index is 12.6. The van der Waals surface area contributed by atoms with Gasteiger partial charge in [-0.15, -0.1) is 0 Å². The van der Waals surface area contributed by atoms with Gasteiger partial charge in [-0.2, -0.15) is 0 Å². The Bertz CT molecular complexity index is 995. The Hall–Kier alpha value is -3.22. The van der Waals surface area contributed by atoms with Gasteiger partial charge in [0.15, 0.2) is 0 Å². The van der Waals surface area contributed by atoms with Gasteiger partial charge in [-0.05, 0) is 32.0 Å². The highest BCUT2D eigenvalue weighted by Crippen LogP contribution is 2.26. The molecule has 0 fully saturated rings. The second kappa shape index (κ2) is 6.72. The van der Waals surface area contributed by atoms with Crippen LogP contribution in [0.25, 0.3) is 10.9 Å². The van der Waals surface area contributed by atoms with Crippen LogP contribution in [0.5, 0.6) is 5.75 Å². The van der Waals surface area contributed by atoms with Crippen LogP contribution in [0.1, 0.15) is 19.4 Å². The number of nitro groups is 1. The van der Waals surface area contributed by atoms with Crippen molar-refractivity contribution < 1.29 is 9.66 Å². The van der Waals surface area contributed by atoms with Gasteiger partial charge in [0.05, 0.1) is 34.8 Å². The first-order valence-electron chi connectivity index (χ1n) is 7.84. The van der Waals surface area contributed by atoms with Gasteiger partial charge in [0.1, 0.15) is 5.75 Å². The van der Waals surface area contributed by atoms with Crippen molar-refractivity contribution in [1.82, 2.24) is 9.55 Å². The highest BCUT2D eigenvalue weighted by Gasteiger charge is 2.14. The van der Waals surface area contributed by atoms with Crippen molar-refractivity contribution in [3.63, 3.8) is 0 Å². The molecule has 0 radical (unpaired) electrons. The minimum Gasteiger partial charge on any atom is -0.491 e. The molecular formula is C18H17N3O4. The summed E-state index contributed by atoms with van der Waals surface area (Å²) in [6.45, 7) is 3.88. The van der Waals surface area contributed by atoms with Crippen LogP contribution in [0.3, 0.4) is 0 Å². The molecule has 1 aromatic heterocycles. The molecule has 0 atom stereocenters. The molecule has 128 valence electrons. The van der Waals surface area contributed by atoms with Crippen LogP contribution in [0.4, 0.5) is 5.69 Å². The molecule has 0 N–H and O–H groups in total. The van der Waals surface area contributed by atoms with Gasteiger partial charge < -0.3 is 4.74 Å². The molecule has 2 aromatic carbocycles. The van der Waals surface area contributed by atoms with E-state index < -0.39 is 4.92 Å². The number of nitro benzene ring substituents is 1. The number of hydrogen-bond donors (Lipinski definition) is 0. The number of non-ortho nitro benzene ring substituents is 1. The fourth-order valence-corrected chi connectivity index (χ4v) is 2.57. The summed E-state index contributed by atoms with van der Waals surface area (Å²) in [6, 6.07) is 11.4. The molecule has 25 heavy (non-hydrogen) atoms. The van der Waals surface area contributed by atoms with Crippen LogP contribution in [0.15, 0.2) is 53.6 Å². The topological polar surface area (TPSA) is 87.3 Å². The van der Waals surface area contributed by atoms with Gasteiger partial charge in [0.2, 0.25) is 0 Å². The van der Waals surface area contributed by atoms with Gasteiger partial charge in [0, 0.05) is 17.7 Å². The Labute approximate surface area is 143 Å². The molecule has 0 amide bonds. The van der Waals surface area contributed by atoms with Crippen LogP contribution in [-0.4, -0.2) is 20.6 Å². The molecule has 7 heteroatoms. The van der Waals surface area contributed by atoms with Crippen molar-refractivity contribution in [2.45, 2.75) is 26.5 Å². The molecule has 0 bridgehead atoms. The summed E-state index contributed by atoms with van der Waals surface area (Å²) in [5, 5.41) is 11.6. The van der Waals surface area contributed by atoms with E-state index in [1.807, 2.05) is 19.9 Å². The van der Waals surface area contributed by atoms with Crippen molar-refractivity contribution >= 4 is 16.6 Å². The zero-order valence-corrected chi connectivity index (χ0v) is 13.9. The summed E-state index contributed by atoms with van der Waals surface area (Å²) in [6.07, 6.45) is 1.36. The number of fused-ring (bicyclic) bond motifs is 1. The second-order valence-corrected chi connectivity index (χ2v) is 5.91. The number of hydrogen-bond acceptors (Lipinski definition) is 5. The highest BCUT2D eigenvalue weighted by molar-refractivity contribution is 5.76. The minimum absolute atomic E-state index is 0.0482.